The number of hydrogen-bond donors (Lipinski definition) is 2. The summed E-state index contributed by atoms with van der Waals surface area (Å²) in [5, 5.41) is 11.8. The molecule has 2 aromatic rings. The largest absolute Gasteiger partial charge is 0.476 e. The molecule has 0 radical (unpaired) electrons. The molecule has 0 fully saturated rings. The van der Waals surface area contributed by atoms with E-state index in [9.17, 15) is 9.59 Å². The molecule has 2 N–H and O–H groups in total. The van der Waals surface area contributed by atoms with Gasteiger partial charge in [0.2, 0.25) is 0 Å². The lowest BCUT2D eigenvalue weighted by atomic mass is 10.2. The van der Waals surface area contributed by atoms with Gasteiger partial charge in [0.25, 0.3) is 0 Å². The van der Waals surface area contributed by atoms with Gasteiger partial charge >= 0.3 is 11.9 Å². The Kier molecular flexibility index (Phi) is 4.50. The molecule has 0 saturated carbocycles. The van der Waals surface area contributed by atoms with Gasteiger partial charge in [-0.2, -0.15) is 0 Å². The highest BCUT2D eigenvalue weighted by molar-refractivity contribution is 5.90. The van der Waals surface area contributed by atoms with Gasteiger partial charge in [-0.3, -0.25) is 0 Å². The van der Waals surface area contributed by atoms with Crippen molar-refractivity contribution in [3.63, 3.8) is 0 Å². The summed E-state index contributed by atoms with van der Waals surface area (Å²) in [5.74, 6) is -0.952. The van der Waals surface area contributed by atoms with Gasteiger partial charge in [-0.05, 0) is 12.1 Å². The quantitative estimate of drug-likeness (QED) is 0.760. The maximum Gasteiger partial charge on any atom is 0.356 e. The van der Waals surface area contributed by atoms with Crippen LogP contribution in [0.25, 0.3) is 0 Å². The lowest BCUT2D eigenvalue weighted by Crippen LogP contribution is -2.11. The van der Waals surface area contributed by atoms with Crippen LogP contribution < -0.4 is 5.32 Å². The molecule has 8 nitrogen and oxygen atoms in total. The van der Waals surface area contributed by atoms with E-state index < -0.39 is 11.9 Å². The molecule has 110 valence electrons. The monoisotopic (exact) mass is 290 g/mol. The Morgan fingerprint density at radius 1 is 1.43 bits per heavy atom. The van der Waals surface area contributed by atoms with Crippen molar-refractivity contribution in [1.82, 2.24) is 14.5 Å². The molecule has 0 atom stereocenters. The van der Waals surface area contributed by atoms with Crippen molar-refractivity contribution >= 4 is 17.8 Å². The van der Waals surface area contributed by atoms with Crippen LogP contribution in [0.4, 0.5) is 5.82 Å². The van der Waals surface area contributed by atoms with Crippen LogP contribution in [0.2, 0.25) is 0 Å². The third kappa shape index (κ3) is 3.78. The van der Waals surface area contributed by atoms with Crippen LogP contribution in [0.5, 0.6) is 0 Å². The molecule has 2 aromatic heterocycles. The Morgan fingerprint density at radius 3 is 2.90 bits per heavy atom. The van der Waals surface area contributed by atoms with E-state index in [1.54, 1.807) is 16.7 Å². The lowest BCUT2D eigenvalue weighted by molar-refractivity contribution is 0.0599. The molecule has 0 spiro atoms. The first kappa shape index (κ1) is 14.5. The van der Waals surface area contributed by atoms with Crippen molar-refractivity contribution in [3.8, 4) is 0 Å². The number of carbonyl (C=O) groups excluding carboxylic acids is 1. The summed E-state index contributed by atoms with van der Waals surface area (Å²) in [7, 11) is 1.31. The van der Waals surface area contributed by atoms with E-state index in [1.165, 1.54) is 25.8 Å². The number of nitrogens with zero attached hydrogens (tertiary/aromatic N) is 3. The average Bonchev–Trinajstić information content (AvgIpc) is 2.96. The molecule has 8 heteroatoms. The number of carbonyl (C=O) groups is 2. The van der Waals surface area contributed by atoms with Crippen LogP contribution in [0.1, 0.15) is 20.8 Å². The fourth-order valence-electron chi connectivity index (χ4n) is 1.68. The van der Waals surface area contributed by atoms with Crippen LogP contribution in [0.15, 0.2) is 30.9 Å². The van der Waals surface area contributed by atoms with Crippen LogP contribution in [0, 0.1) is 0 Å². The molecule has 0 aliphatic carbocycles. The van der Waals surface area contributed by atoms with Gasteiger partial charge in [0.05, 0.1) is 19.0 Å². The number of hydrogen-bond acceptors (Lipinski definition) is 6. The maximum absolute atomic E-state index is 11.4. The zero-order chi connectivity index (χ0) is 15.2. The van der Waals surface area contributed by atoms with Crippen molar-refractivity contribution in [2.45, 2.75) is 6.54 Å². The number of anilines is 1. The third-order valence-electron chi connectivity index (χ3n) is 2.71. The van der Waals surface area contributed by atoms with Crippen molar-refractivity contribution in [1.29, 1.82) is 0 Å². The number of methoxy groups -OCH3 is 1. The smallest absolute Gasteiger partial charge is 0.356 e. The molecule has 0 saturated heterocycles. The maximum atomic E-state index is 11.4. The van der Waals surface area contributed by atoms with Crippen LogP contribution in [0.3, 0.4) is 0 Å². The van der Waals surface area contributed by atoms with Gasteiger partial charge < -0.3 is 19.7 Å². The highest BCUT2D eigenvalue weighted by Gasteiger charge is 2.07. The number of ether oxygens (including phenoxy) is 1. The van der Waals surface area contributed by atoms with Crippen LogP contribution in [-0.2, 0) is 11.3 Å². The number of carboxylic acid groups (broad SMARTS) is 1. The second kappa shape index (κ2) is 6.51. The number of nitrogens with one attached hydrogen (secondary N) is 1. The highest BCUT2D eigenvalue weighted by atomic mass is 16.5. The van der Waals surface area contributed by atoms with Gasteiger partial charge in [0, 0.05) is 25.5 Å². The first-order chi connectivity index (χ1) is 10.1. The Morgan fingerprint density at radius 2 is 2.24 bits per heavy atom. The molecule has 21 heavy (non-hydrogen) atoms. The normalized spacial score (nSPS) is 10.1. The summed E-state index contributed by atoms with van der Waals surface area (Å²) in [6.45, 7) is 1.03. The minimum absolute atomic E-state index is 0.000753. The van der Waals surface area contributed by atoms with Gasteiger partial charge in [-0.15, -0.1) is 0 Å². The molecule has 0 aromatic carbocycles. The molecule has 0 unspecified atom stereocenters. The molecule has 2 rings (SSSR count). The summed E-state index contributed by atoms with van der Waals surface area (Å²) < 4.78 is 6.28. The van der Waals surface area contributed by atoms with E-state index in [1.807, 2.05) is 0 Å². The number of imidazole rings is 1. The highest BCUT2D eigenvalue weighted by Crippen LogP contribution is 2.07. The van der Waals surface area contributed by atoms with Gasteiger partial charge in [-0.1, -0.05) is 0 Å². The minimum atomic E-state index is -1.06. The Bertz CT molecular complexity index is 653. The van der Waals surface area contributed by atoms with E-state index in [2.05, 4.69) is 20.0 Å². The number of carboxylic acids is 1. The van der Waals surface area contributed by atoms with E-state index in [0.29, 0.717) is 24.5 Å². The summed E-state index contributed by atoms with van der Waals surface area (Å²) in [6, 6.07) is 3.15. The average molecular weight is 290 g/mol. The van der Waals surface area contributed by atoms with Crippen molar-refractivity contribution < 1.29 is 19.4 Å². The van der Waals surface area contributed by atoms with E-state index in [4.69, 9.17) is 5.11 Å². The summed E-state index contributed by atoms with van der Waals surface area (Å²) in [5.41, 5.74) is 0.409. The fraction of sp³-hybridized carbons (Fsp3) is 0.231. The van der Waals surface area contributed by atoms with Crippen molar-refractivity contribution in [3.05, 3.63) is 42.1 Å². The SMILES string of the molecule is COC(=O)c1ccnc(NCCn2cnc(C(=O)O)c2)c1. The predicted octanol–water partition coefficient (Wildman–Crippen LogP) is 0.875. The van der Waals surface area contributed by atoms with Gasteiger partial charge in [0.1, 0.15) is 5.82 Å². The molecule has 0 aliphatic rings. The Hall–Kier alpha value is -2.90. The number of rotatable bonds is 6. The standard InChI is InChI=1S/C13H14N4O4/c1-21-13(20)9-2-3-14-11(6-9)15-4-5-17-7-10(12(18)19)16-8-17/h2-3,6-8H,4-5H2,1H3,(H,14,15)(H,18,19). The van der Waals surface area contributed by atoms with Gasteiger partial charge in [-0.25, -0.2) is 19.6 Å². The number of esters is 1. The number of aromatic carboxylic acids is 1. The second-order valence-electron chi connectivity index (χ2n) is 4.15. The molecule has 0 amide bonds. The van der Waals surface area contributed by atoms with E-state index in [0.717, 1.165) is 0 Å². The zero-order valence-electron chi connectivity index (χ0n) is 11.3. The first-order valence-electron chi connectivity index (χ1n) is 6.13. The molecule has 0 aliphatic heterocycles. The Labute approximate surface area is 120 Å². The number of aromatic nitrogens is 3. The predicted molar refractivity (Wildman–Crippen MR) is 73.3 cm³/mol. The van der Waals surface area contributed by atoms with Gasteiger partial charge in [0.15, 0.2) is 5.69 Å². The minimum Gasteiger partial charge on any atom is -0.476 e. The van der Waals surface area contributed by atoms with E-state index >= 15 is 0 Å². The van der Waals surface area contributed by atoms with Crippen LogP contribution >= 0.6 is 0 Å². The molecule has 2 heterocycles. The van der Waals surface area contributed by atoms with Crippen LogP contribution in [-0.4, -0.2) is 45.2 Å². The fourth-order valence-corrected chi connectivity index (χ4v) is 1.68. The summed E-state index contributed by atoms with van der Waals surface area (Å²) in [6.07, 6.45) is 4.40. The first-order valence-corrected chi connectivity index (χ1v) is 6.13. The second-order valence-corrected chi connectivity index (χ2v) is 4.15. The third-order valence-corrected chi connectivity index (χ3v) is 2.71. The molecular weight excluding hydrogens is 276 g/mol. The van der Waals surface area contributed by atoms with E-state index in [-0.39, 0.29) is 5.69 Å². The Balaban J connectivity index is 1.91. The lowest BCUT2D eigenvalue weighted by Gasteiger charge is -2.07. The summed E-state index contributed by atoms with van der Waals surface area (Å²) >= 11 is 0. The van der Waals surface area contributed by atoms with Crippen molar-refractivity contribution in [2.75, 3.05) is 19.0 Å². The summed E-state index contributed by atoms with van der Waals surface area (Å²) in [4.78, 5) is 29.9. The molecule has 0 bridgehead atoms. The van der Waals surface area contributed by atoms with Crippen molar-refractivity contribution in [2.24, 2.45) is 0 Å². The molecular formula is C13H14N4O4. The number of pyridine rings is 1. The topological polar surface area (TPSA) is 106 Å². The zero-order valence-corrected chi connectivity index (χ0v) is 11.3.